The number of carbonyl (C=O) groups is 2. The van der Waals surface area contributed by atoms with Gasteiger partial charge in [0.2, 0.25) is 5.91 Å². The SMILES string of the molecule is COc1ccc(Cl)cc1-c1nn(CC(N)=O)cc1NC(=O)c1c(N)nn2ccccc12. The Hall–Kier alpha value is -4.05. The van der Waals surface area contributed by atoms with Crippen molar-refractivity contribution >= 4 is 40.4 Å². The number of carbonyl (C=O) groups excluding carboxylic acids is 2. The van der Waals surface area contributed by atoms with E-state index in [4.69, 9.17) is 27.8 Å². The number of methoxy groups -OCH3 is 1. The summed E-state index contributed by atoms with van der Waals surface area (Å²) < 4.78 is 8.25. The summed E-state index contributed by atoms with van der Waals surface area (Å²) in [5.41, 5.74) is 13.2. The Balaban J connectivity index is 1.80. The van der Waals surface area contributed by atoms with E-state index in [0.29, 0.717) is 33.2 Å². The van der Waals surface area contributed by atoms with Gasteiger partial charge >= 0.3 is 0 Å². The van der Waals surface area contributed by atoms with E-state index in [1.807, 2.05) is 0 Å². The summed E-state index contributed by atoms with van der Waals surface area (Å²) in [5.74, 6) is -0.508. The Labute approximate surface area is 181 Å². The first-order valence-electron chi connectivity index (χ1n) is 9.11. The highest BCUT2D eigenvalue weighted by atomic mass is 35.5. The summed E-state index contributed by atoms with van der Waals surface area (Å²) >= 11 is 6.16. The lowest BCUT2D eigenvalue weighted by molar-refractivity contribution is -0.118. The lowest BCUT2D eigenvalue weighted by atomic mass is 10.1. The molecule has 0 aliphatic carbocycles. The van der Waals surface area contributed by atoms with Gasteiger partial charge in [-0.05, 0) is 30.3 Å². The van der Waals surface area contributed by atoms with Gasteiger partial charge in [0, 0.05) is 23.0 Å². The van der Waals surface area contributed by atoms with Crippen LogP contribution in [0.2, 0.25) is 5.02 Å². The number of nitrogens with two attached hydrogens (primary N) is 2. The molecule has 11 heteroatoms. The first-order chi connectivity index (χ1) is 14.9. The molecular formula is C20H18ClN7O3. The second-order valence-electron chi connectivity index (χ2n) is 6.64. The molecule has 31 heavy (non-hydrogen) atoms. The van der Waals surface area contributed by atoms with Gasteiger partial charge in [0.25, 0.3) is 5.91 Å². The topological polar surface area (TPSA) is 143 Å². The molecule has 0 fully saturated rings. The molecule has 5 N–H and O–H groups in total. The van der Waals surface area contributed by atoms with Crippen LogP contribution in [0.4, 0.5) is 11.5 Å². The molecule has 0 atom stereocenters. The number of nitrogens with zero attached hydrogens (tertiary/aromatic N) is 4. The molecule has 4 rings (SSSR count). The van der Waals surface area contributed by atoms with Crippen LogP contribution in [0.25, 0.3) is 16.8 Å². The Morgan fingerprint density at radius 1 is 1.23 bits per heavy atom. The van der Waals surface area contributed by atoms with E-state index < -0.39 is 11.8 Å². The summed E-state index contributed by atoms with van der Waals surface area (Å²) in [5, 5.41) is 11.8. The number of anilines is 2. The molecule has 158 valence electrons. The number of nitrogens with one attached hydrogen (secondary N) is 1. The third kappa shape index (κ3) is 3.88. The number of nitrogen functional groups attached to an aromatic ring is 1. The molecule has 0 saturated heterocycles. The van der Waals surface area contributed by atoms with Crippen LogP contribution < -0.4 is 21.5 Å². The van der Waals surface area contributed by atoms with Gasteiger partial charge in [-0.1, -0.05) is 17.7 Å². The minimum atomic E-state index is -0.586. The Morgan fingerprint density at radius 3 is 2.77 bits per heavy atom. The van der Waals surface area contributed by atoms with Crippen molar-refractivity contribution in [1.29, 1.82) is 0 Å². The van der Waals surface area contributed by atoms with Gasteiger partial charge in [0.1, 0.15) is 23.6 Å². The number of hydrogen-bond donors (Lipinski definition) is 3. The number of hydrogen-bond acceptors (Lipinski definition) is 6. The first-order valence-corrected chi connectivity index (χ1v) is 9.49. The van der Waals surface area contributed by atoms with Crippen molar-refractivity contribution in [2.24, 2.45) is 5.73 Å². The van der Waals surface area contributed by atoms with Crippen LogP contribution in [0.3, 0.4) is 0 Å². The van der Waals surface area contributed by atoms with E-state index in [0.717, 1.165) is 0 Å². The zero-order chi connectivity index (χ0) is 22.1. The van der Waals surface area contributed by atoms with Crippen molar-refractivity contribution in [1.82, 2.24) is 19.4 Å². The number of pyridine rings is 1. The maximum atomic E-state index is 13.1. The number of halogens is 1. The largest absolute Gasteiger partial charge is 0.496 e. The number of fused-ring (bicyclic) bond motifs is 1. The average Bonchev–Trinajstić information content (AvgIpc) is 3.26. The molecule has 1 aromatic carbocycles. The van der Waals surface area contributed by atoms with Gasteiger partial charge in [-0.25, -0.2) is 4.52 Å². The highest BCUT2D eigenvalue weighted by Gasteiger charge is 2.22. The van der Waals surface area contributed by atoms with E-state index in [-0.39, 0.29) is 17.9 Å². The predicted molar refractivity (Wildman–Crippen MR) is 116 cm³/mol. The van der Waals surface area contributed by atoms with Crippen LogP contribution in [-0.2, 0) is 11.3 Å². The first kappa shape index (κ1) is 20.2. The summed E-state index contributed by atoms with van der Waals surface area (Å²) in [4.78, 5) is 24.5. The second-order valence-corrected chi connectivity index (χ2v) is 7.08. The molecule has 10 nitrogen and oxygen atoms in total. The highest BCUT2D eigenvalue weighted by molar-refractivity contribution is 6.31. The standard InChI is InChI=1S/C20H18ClN7O3/c1-31-15-6-5-11(21)8-12(15)18-13(9-27(25-18)10-16(22)29)24-20(30)17-14-4-2-3-7-28(14)26-19(17)23/h2-9H,10H2,1H3,(H2,22,29)(H2,23,26)(H,24,30). The lowest BCUT2D eigenvalue weighted by Crippen LogP contribution is -2.19. The summed E-state index contributed by atoms with van der Waals surface area (Å²) in [6.07, 6.45) is 3.19. The van der Waals surface area contributed by atoms with Crippen molar-refractivity contribution in [3.8, 4) is 17.0 Å². The predicted octanol–water partition coefficient (Wildman–Crippen LogP) is 2.18. The van der Waals surface area contributed by atoms with Crippen LogP contribution in [0.1, 0.15) is 10.4 Å². The monoisotopic (exact) mass is 439 g/mol. The van der Waals surface area contributed by atoms with E-state index >= 15 is 0 Å². The van der Waals surface area contributed by atoms with Gasteiger partial charge in [0.15, 0.2) is 5.82 Å². The van der Waals surface area contributed by atoms with Crippen LogP contribution in [0.15, 0.2) is 48.8 Å². The van der Waals surface area contributed by atoms with Crippen LogP contribution in [-0.4, -0.2) is 38.3 Å². The average molecular weight is 440 g/mol. The van der Waals surface area contributed by atoms with Crippen molar-refractivity contribution in [2.45, 2.75) is 6.54 Å². The fourth-order valence-corrected chi connectivity index (χ4v) is 3.42. The number of ether oxygens (including phenoxy) is 1. The normalized spacial score (nSPS) is 10.9. The van der Waals surface area contributed by atoms with Crippen LogP contribution in [0, 0.1) is 0 Å². The van der Waals surface area contributed by atoms with Gasteiger partial charge in [-0.3, -0.25) is 14.3 Å². The third-order valence-corrected chi connectivity index (χ3v) is 4.77. The van der Waals surface area contributed by atoms with Gasteiger partial charge in [0.05, 0.1) is 18.3 Å². The minimum Gasteiger partial charge on any atom is -0.496 e. The van der Waals surface area contributed by atoms with Crippen molar-refractivity contribution in [3.05, 3.63) is 59.4 Å². The number of rotatable bonds is 6. The van der Waals surface area contributed by atoms with E-state index in [1.54, 1.807) is 42.6 Å². The molecule has 0 saturated carbocycles. The van der Waals surface area contributed by atoms with Crippen molar-refractivity contribution < 1.29 is 14.3 Å². The van der Waals surface area contributed by atoms with E-state index in [9.17, 15) is 9.59 Å². The zero-order valence-corrected chi connectivity index (χ0v) is 17.1. The molecule has 0 unspecified atom stereocenters. The molecule has 0 aliphatic rings. The van der Waals surface area contributed by atoms with Crippen LogP contribution in [0.5, 0.6) is 5.75 Å². The molecule has 3 heterocycles. The number of amides is 2. The molecular weight excluding hydrogens is 422 g/mol. The lowest BCUT2D eigenvalue weighted by Gasteiger charge is -2.09. The molecule has 0 radical (unpaired) electrons. The minimum absolute atomic E-state index is 0.0788. The fraction of sp³-hybridized carbons (Fsp3) is 0.100. The molecule has 2 amide bonds. The van der Waals surface area contributed by atoms with Crippen molar-refractivity contribution in [3.63, 3.8) is 0 Å². The summed E-state index contributed by atoms with van der Waals surface area (Å²) in [6.45, 7) is -0.176. The van der Waals surface area contributed by atoms with Gasteiger partial charge in [-0.2, -0.15) is 5.10 Å². The third-order valence-electron chi connectivity index (χ3n) is 4.54. The molecule has 4 aromatic rings. The van der Waals surface area contributed by atoms with E-state index in [2.05, 4.69) is 15.5 Å². The smallest absolute Gasteiger partial charge is 0.261 e. The molecule has 0 aliphatic heterocycles. The van der Waals surface area contributed by atoms with Crippen LogP contribution >= 0.6 is 11.6 Å². The summed E-state index contributed by atoms with van der Waals surface area (Å²) in [7, 11) is 1.51. The number of benzene rings is 1. The molecule has 0 spiro atoms. The molecule has 3 aromatic heterocycles. The maximum Gasteiger partial charge on any atom is 0.261 e. The van der Waals surface area contributed by atoms with E-state index in [1.165, 1.54) is 22.5 Å². The highest BCUT2D eigenvalue weighted by Crippen LogP contribution is 2.36. The Kier molecular flexibility index (Phi) is 5.22. The maximum absolute atomic E-state index is 13.1. The van der Waals surface area contributed by atoms with Gasteiger partial charge in [-0.15, -0.1) is 5.10 Å². The Morgan fingerprint density at radius 2 is 2.03 bits per heavy atom. The van der Waals surface area contributed by atoms with Crippen molar-refractivity contribution in [2.75, 3.05) is 18.2 Å². The quantitative estimate of drug-likeness (QED) is 0.420. The Bertz CT molecular complexity index is 1310. The van der Waals surface area contributed by atoms with Gasteiger partial charge < -0.3 is 21.5 Å². The number of aromatic nitrogens is 4. The number of primary amides is 1. The molecule has 0 bridgehead atoms. The summed E-state index contributed by atoms with van der Waals surface area (Å²) in [6, 6.07) is 10.3. The zero-order valence-electron chi connectivity index (χ0n) is 16.4. The second kappa shape index (κ2) is 8.00. The fourth-order valence-electron chi connectivity index (χ4n) is 3.25.